The van der Waals surface area contributed by atoms with Gasteiger partial charge in [-0.3, -0.25) is 0 Å². The lowest BCUT2D eigenvalue weighted by molar-refractivity contribution is 0.784. The molecule has 82 valence electrons. The Morgan fingerprint density at radius 1 is 1.33 bits per heavy atom. The first-order chi connectivity index (χ1) is 7.16. The molecule has 1 aliphatic rings. The minimum atomic E-state index is 0.132. The van der Waals surface area contributed by atoms with Gasteiger partial charge in [0.1, 0.15) is 0 Å². The highest BCUT2D eigenvalue weighted by atomic mass is 15.1. The molecule has 1 atom stereocenters. The van der Waals surface area contributed by atoms with Gasteiger partial charge in [-0.05, 0) is 43.4 Å². The van der Waals surface area contributed by atoms with Crippen molar-refractivity contribution in [2.24, 2.45) is 11.7 Å². The largest absolute Gasteiger partial charge is 0.374 e. The van der Waals surface area contributed by atoms with Crippen molar-refractivity contribution in [2.75, 3.05) is 18.5 Å². The molecule has 0 unspecified atom stereocenters. The molecule has 0 radical (unpaired) electrons. The van der Waals surface area contributed by atoms with E-state index in [4.69, 9.17) is 5.73 Å². The fourth-order valence-corrected chi connectivity index (χ4v) is 1.83. The minimum Gasteiger partial charge on any atom is -0.374 e. The molecular weight excluding hydrogens is 184 g/mol. The average molecular weight is 204 g/mol. The van der Waals surface area contributed by atoms with Crippen molar-refractivity contribution in [2.45, 2.75) is 25.8 Å². The number of anilines is 1. The van der Waals surface area contributed by atoms with Crippen LogP contribution in [0, 0.1) is 5.92 Å². The third kappa shape index (κ3) is 2.72. The van der Waals surface area contributed by atoms with Crippen LogP contribution in [0.15, 0.2) is 24.3 Å². The maximum absolute atomic E-state index is 5.82. The molecule has 1 aromatic carbocycles. The highest BCUT2D eigenvalue weighted by Crippen LogP contribution is 2.30. The van der Waals surface area contributed by atoms with E-state index in [0.29, 0.717) is 0 Å². The summed E-state index contributed by atoms with van der Waals surface area (Å²) in [5.74, 6) is 0.933. The Bertz CT molecular complexity index is 312. The first-order valence-electron chi connectivity index (χ1n) is 5.73. The summed E-state index contributed by atoms with van der Waals surface area (Å²) in [6.45, 7) is 3.21. The molecule has 15 heavy (non-hydrogen) atoms. The third-order valence-electron chi connectivity index (χ3n) is 3.09. The van der Waals surface area contributed by atoms with Gasteiger partial charge >= 0.3 is 0 Å². The van der Waals surface area contributed by atoms with Crippen LogP contribution in [0.2, 0.25) is 0 Å². The molecule has 1 saturated carbocycles. The smallest absolute Gasteiger partial charge is 0.0363 e. The van der Waals surface area contributed by atoms with Crippen molar-refractivity contribution < 1.29 is 0 Å². The van der Waals surface area contributed by atoms with Crippen molar-refractivity contribution in [3.63, 3.8) is 0 Å². The van der Waals surface area contributed by atoms with E-state index in [1.54, 1.807) is 0 Å². The number of hydrogen-bond acceptors (Lipinski definition) is 2. The van der Waals surface area contributed by atoms with E-state index >= 15 is 0 Å². The van der Waals surface area contributed by atoms with Crippen LogP contribution in [-0.4, -0.2) is 13.6 Å². The van der Waals surface area contributed by atoms with E-state index in [0.717, 1.165) is 5.92 Å². The van der Waals surface area contributed by atoms with Crippen molar-refractivity contribution >= 4 is 5.69 Å². The Morgan fingerprint density at radius 3 is 2.40 bits per heavy atom. The van der Waals surface area contributed by atoms with E-state index < -0.39 is 0 Å². The summed E-state index contributed by atoms with van der Waals surface area (Å²) in [5.41, 5.74) is 8.32. The standard InChI is InChI=1S/C13H20N2/c1-10(14)12-5-7-13(8-6-12)15(2)9-11-3-4-11/h5-8,10-11H,3-4,9,14H2,1-2H3/t10-/m0/s1. The number of nitrogens with zero attached hydrogens (tertiary/aromatic N) is 1. The predicted octanol–water partition coefficient (Wildman–Crippen LogP) is 2.55. The zero-order valence-corrected chi connectivity index (χ0v) is 9.61. The van der Waals surface area contributed by atoms with Crippen molar-refractivity contribution in [1.29, 1.82) is 0 Å². The second kappa shape index (κ2) is 4.23. The summed E-state index contributed by atoms with van der Waals surface area (Å²) < 4.78 is 0. The summed E-state index contributed by atoms with van der Waals surface area (Å²) in [5, 5.41) is 0. The maximum Gasteiger partial charge on any atom is 0.0363 e. The van der Waals surface area contributed by atoms with Gasteiger partial charge in [0.25, 0.3) is 0 Å². The molecular formula is C13H20N2. The van der Waals surface area contributed by atoms with Gasteiger partial charge in [0, 0.05) is 25.3 Å². The highest BCUT2D eigenvalue weighted by Gasteiger charge is 2.22. The van der Waals surface area contributed by atoms with Crippen LogP contribution in [0.3, 0.4) is 0 Å². The highest BCUT2D eigenvalue weighted by molar-refractivity contribution is 5.47. The Balaban J connectivity index is 2.01. The molecule has 0 bridgehead atoms. The van der Waals surface area contributed by atoms with Crippen LogP contribution in [0.25, 0.3) is 0 Å². The van der Waals surface area contributed by atoms with Crippen LogP contribution in [0.4, 0.5) is 5.69 Å². The van der Waals surface area contributed by atoms with Crippen molar-refractivity contribution in [3.05, 3.63) is 29.8 Å². The Morgan fingerprint density at radius 2 is 1.93 bits per heavy atom. The van der Waals surface area contributed by atoms with Crippen molar-refractivity contribution in [3.8, 4) is 0 Å². The SMILES string of the molecule is C[C@H](N)c1ccc(N(C)CC2CC2)cc1. The number of hydrogen-bond donors (Lipinski definition) is 1. The molecule has 0 spiro atoms. The van der Waals surface area contributed by atoms with E-state index in [-0.39, 0.29) is 6.04 Å². The molecule has 0 amide bonds. The summed E-state index contributed by atoms with van der Waals surface area (Å²) >= 11 is 0. The number of benzene rings is 1. The number of nitrogens with two attached hydrogens (primary N) is 1. The van der Waals surface area contributed by atoms with Gasteiger partial charge in [-0.15, -0.1) is 0 Å². The molecule has 2 nitrogen and oxygen atoms in total. The molecule has 2 heteroatoms. The van der Waals surface area contributed by atoms with Crippen LogP contribution in [-0.2, 0) is 0 Å². The van der Waals surface area contributed by atoms with E-state index in [2.05, 4.69) is 36.2 Å². The van der Waals surface area contributed by atoms with E-state index in [1.165, 1.54) is 30.6 Å². The summed E-state index contributed by atoms with van der Waals surface area (Å²) in [6.07, 6.45) is 2.81. The molecule has 1 aromatic rings. The lowest BCUT2D eigenvalue weighted by atomic mass is 10.1. The Hall–Kier alpha value is -1.02. The van der Waals surface area contributed by atoms with Gasteiger partial charge in [-0.2, -0.15) is 0 Å². The van der Waals surface area contributed by atoms with Gasteiger partial charge in [0.15, 0.2) is 0 Å². The molecule has 2 rings (SSSR count). The fourth-order valence-electron chi connectivity index (χ4n) is 1.83. The lowest BCUT2D eigenvalue weighted by Crippen LogP contribution is -2.19. The molecule has 2 N–H and O–H groups in total. The lowest BCUT2D eigenvalue weighted by Gasteiger charge is -2.19. The monoisotopic (exact) mass is 204 g/mol. The van der Waals surface area contributed by atoms with Crippen LogP contribution in [0.1, 0.15) is 31.4 Å². The van der Waals surface area contributed by atoms with Gasteiger partial charge in [-0.1, -0.05) is 12.1 Å². The maximum atomic E-state index is 5.82. The van der Waals surface area contributed by atoms with Crippen LogP contribution >= 0.6 is 0 Å². The van der Waals surface area contributed by atoms with Gasteiger partial charge in [0.2, 0.25) is 0 Å². The zero-order chi connectivity index (χ0) is 10.8. The normalized spacial score (nSPS) is 17.5. The Labute approximate surface area is 92.1 Å². The van der Waals surface area contributed by atoms with Gasteiger partial charge in [0.05, 0.1) is 0 Å². The third-order valence-corrected chi connectivity index (χ3v) is 3.09. The quantitative estimate of drug-likeness (QED) is 0.816. The fraction of sp³-hybridized carbons (Fsp3) is 0.538. The van der Waals surface area contributed by atoms with Crippen molar-refractivity contribution in [1.82, 2.24) is 0 Å². The first-order valence-corrected chi connectivity index (χ1v) is 5.73. The van der Waals surface area contributed by atoms with Crippen LogP contribution < -0.4 is 10.6 Å². The Kier molecular flexibility index (Phi) is 2.96. The minimum absolute atomic E-state index is 0.132. The average Bonchev–Trinajstić information content (AvgIpc) is 3.02. The van der Waals surface area contributed by atoms with Gasteiger partial charge in [-0.25, -0.2) is 0 Å². The second-order valence-electron chi connectivity index (χ2n) is 4.70. The second-order valence-corrected chi connectivity index (χ2v) is 4.70. The summed E-state index contributed by atoms with van der Waals surface area (Å²) in [7, 11) is 2.17. The molecule has 0 saturated heterocycles. The van der Waals surface area contributed by atoms with Gasteiger partial charge < -0.3 is 10.6 Å². The molecule has 0 aromatic heterocycles. The van der Waals surface area contributed by atoms with E-state index in [1.807, 2.05) is 6.92 Å². The van der Waals surface area contributed by atoms with Crippen LogP contribution in [0.5, 0.6) is 0 Å². The molecule has 0 heterocycles. The summed E-state index contributed by atoms with van der Waals surface area (Å²) in [4.78, 5) is 2.34. The zero-order valence-electron chi connectivity index (χ0n) is 9.61. The number of rotatable bonds is 4. The first kappa shape index (κ1) is 10.5. The predicted molar refractivity (Wildman–Crippen MR) is 65.0 cm³/mol. The molecule has 1 fully saturated rings. The molecule has 1 aliphatic carbocycles. The topological polar surface area (TPSA) is 29.3 Å². The summed E-state index contributed by atoms with van der Waals surface area (Å²) in [6, 6.07) is 8.72. The van der Waals surface area contributed by atoms with E-state index in [9.17, 15) is 0 Å². The molecule has 0 aliphatic heterocycles.